The first-order chi connectivity index (χ1) is 7.40. The Balaban J connectivity index is 0.00000256. The number of nitro groups is 2. The summed E-state index contributed by atoms with van der Waals surface area (Å²) >= 11 is 0. The van der Waals surface area contributed by atoms with Crippen molar-refractivity contribution in [1.82, 2.24) is 0 Å². The molecule has 17 heavy (non-hydrogen) atoms. The van der Waals surface area contributed by atoms with E-state index in [9.17, 15) is 24.6 Å². The summed E-state index contributed by atoms with van der Waals surface area (Å²) in [6.45, 7) is 1.05. The fourth-order valence-corrected chi connectivity index (χ4v) is 1.15. The molecule has 0 bridgehead atoms. The van der Waals surface area contributed by atoms with Crippen molar-refractivity contribution >= 4 is 17.1 Å². The van der Waals surface area contributed by atoms with E-state index in [1.807, 2.05) is 0 Å². The predicted octanol–water partition coefficient (Wildman–Crippen LogP) is -0.392. The van der Waals surface area contributed by atoms with Crippen molar-refractivity contribution in [2.75, 3.05) is 0 Å². The maximum absolute atomic E-state index is 13.3. The van der Waals surface area contributed by atoms with Crippen molar-refractivity contribution in [1.29, 1.82) is 0 Å². The molecule has 1 rings (SSSR count). The molecular formula is C7H4FKN4O4. The number of hydrogen-bond acceptors (Lipinski definition) is 5. The molecule has 8 nitrogen and oxygen atoms in total. The zero-order valence-corrected chi connectivity index (χ0v) is 12.0. The summed E-state index contributed by atoms with van der Waals surface area (Å²) in [6, 6.07) is 0.414. The Morgan fingerprint density at radius 2 is 1.76 bits per heavy atom. The third-order valence-corrected chi connectivity index (χ3v) is 1.92. The molecular weight excluding hydrogens is 262 g/mol. The third-order valence-electron chi connectivity index (χ3n) is 1.92. The van der Waals surface area contributed by atoms with Crippen molar-refractivity contribution in [2.24, 2.45) is 5.11 Å². The zero-order valence-electron chi connectivity index (χ0n) is 8.88. The maximum Gasteiger partial charge on any atom is 1.00 e. The second-order valence-corrected chi connectivity index (χ2v) is 2.82. The smallest absolute Gasteiger partial charge is 0.706 e. The van der Waals surface area contributed by atoms with Crippen LogP contribution in [0, 0.1) is 33.0 Å². The van der Waals surface area contributed by atoms with Crippen molar-refractivity contribution in [3.05, 3.63) is 43.2 Å². The van der Waals surface area contributed by atoms with Gasteiger partial charge in [-0.2, -0.15) is 4.39 Å². The van der Waals surface area contributed by atoms with Crippen LogP contribution in [-0.2, 0) is 0 Å². The van der Waals surface area contributed by atoms with E-state index < -0.39 is 38.3 Å². The van der Waals surface area contributed by atoms with Crippen molar-refractivity contribution in [3.8, 4) is 0 Å². The van der Waals surface area contributed by atoms with Gasteiger partial charge in [0, 0.05) is 5.56 Å². The minimum absolute atomic E-state index is 0. The largest absolute Gasteiger partial charge is 1.00 e. The molecule has 0 radical (unpaired) electrons. The first kappa shape index (κ1) is 16.2. The summed E-state index contributed by atoms with van der Waals surface area (Å²) in [6.07, 6.45) is 0. The first-order valence-corrected chi connectivity index (χ1v) is 3.87. The zero-order chi connectivity index (χ0) is 12.5. The molecule has 0 saturated heterocycles. The SMILES string of the molecule is Cc1c(F)c([N+](=O)[O-])cc([N+](=O)[O-])c1N=[N-].[K+]. The Kier molecular flexibility index (Phi) is 5.91. The fraction of sp³-hybridized carbons (Fsp3) is 0.143. The minimum Gasteiger partial charge on any atom is -0.706 e. The molecule has 0 N–H and O–H groups in total. The Labute approximate surface area is 136 Å². The van der Waals surface area contributed by atoms with Gasteiger partial charge in [-0.3, -0.25) is 20.2 Å². The van der Waals surface area contributed by atoms with Crippen molar-refractivity contribution in [2.45, 2.75) is 6.92 Å². The van der Waals surface area contributed by atoms with Gasteiger partial charge in [0.2, 0.25) is 5.82 Å². The van der Waals surface area contributed by atoms with Crippen LogP contribution >= 0.6 is 0 Å². The quantitative estimate of drug-likeness (QED) is 0.320. The Hall–Kier alpha value is -0.814. The van der Waals surface area contributed by atoms with Gasteiger partial charge in [-0.1, -0.05) is 0 Å². The molecule has 0 aliphatic rings. The summed E-state index contributed by atoms with van der Waals surface area (Å²) in [5, 5.41) is 23.5. The van der Waals surface area contributed by atoms with Gasteiger partial charge < -0.3 is 10.6 Å². The van der Waals surface area contributed by atoms with Crippen LogP contribution in [0.2, 0.25) is 0 Å². The number of halogens is 1. The van der Waals surface area contributed by atoms with Crippen LogP contribution < -0.4 is 51.4 Å². The molecule has 84 valence electrons. The van der Waals surface area contributed by atoms with E-state index in [4.69, 9.17) is 5.53 Å². The molecule has 0 spiro atoms. The second kappa shape index (κ2) is 6.21. The van der Waals surface area contributed by atoms with Crippen LogP contribution in [0.15, 0.2) is 11.2 Å². The van der Waals surface area contributed by atoms with E-state index >= 15 is 0 Å². The molecule has 0 amide bonds. The van der Waals surface area contributed by atoms with E-state index in [-0.39, 0.29) is 51.4 Å². The summed E-state index contributed by atoms with van der Waals surface area (Å²) in [5.41, 5.74) is 5.54. The number of benzene rings is 1. The molecule has 0 aromatic heterocycles. The average molecular weight is 266 g/mol. The van der Waals surface area contributed by atoms with Crippen LogP contribution in [0.1, 0.15) is 5.56 Å². The van der Waals surface area contributed by atoms with Gasteiger partial charge in [-0.05, 0) is 6.92 Å². The molecule has 0 saturated carbocycles. The number of nitro benzene ring substituents is 2. The van der Waals surface area contributed by atoms with Crippen LogP contribution in [0.4, 0.5) is 21.5 Å². The summed E-state index contributed by atoms with van der Waals surface area (Å²) in [7, 11) is 0. The predicted molar refractivity (Wildman–Crippen MR) is 49.9 cm³/mol. The monoisotopic (exact) mass is 266 g/mol. The summed E-state index contributed by atoms with van der Waals surface area (Å²) < 4.78 is 13.3. The van der Waals surface area contributed by atoms with E-state index in [0.717, 1.165) is 6.92 Å². The van der Waals surface area contributed by atoms with Crippen LogP contribution in [-0.4, -0.2) is 9.85 Å². The van der Waals surface area contributed by atoms with E-state index in [1.165, 1.54) is 0 Å². The molecule has 0 aliphatic heterocycles. The van der Waals surface area contributed by atoms with Crippen LogP contribution in [0.3, 0.4) is 0 Å². The second-order valence-electron chi connectivity index (χ2n) is 2.82. The number of rotatable bonds is 3. The van der Waals surface area contributed by atoms with Gasteiger partial charge in [0.05, 0.1) is 15.9 Å². The van der Waals surface area contributed by atoms with Crippen LogP contribution in [0.5, 0.6) is 0 Å². The van der Waals surface area contributed by atoms with E-state index in [1.54, 1.807) is 0 Å². The standard InChI is InChI=1S/C7H4FN4O4.K/c1-3-6(8)4(11(13)14)2-5(12(15)16)7(3)10-9;/h2H,1H3;/q-1;+1. The van der Waals surface area contributed by atoms with Crippen molar-refractivity contribution in [3.63, 3.8) is 0 Å². The topological polar surface area (TPSA) is 121 Å². The Bertz CT molecular complexity index is 507. The van der Waals surface area contributed by atoms with Gasteiger partial charge in [0.25, 0.3) is 5.69 Å². The Morgan fingerprint density at radius 3 is 2.12 bits per heavy atom. The average Bonchev–Trinajstić information content (AvgIpc) is 2.20. The molecule has 0 unspecified atom stereocenters. The molecule has 1 aromatic carbocycles. The summed E-state index contributed by atoms with van der Waals surface area (Å²) in [5.74, 6) is -1.26. The van der Waals surface area contributed by atoms with Gasteiger partial charge in [-0.15, -0.1) is 0 Å². The van der Waals surface area contributed by atoms with Crippen LogP contribution in [0.25, 0.3) is 5.53 Å². The molecule has 1 aromatic rings. The number of hydrogen-bond donors (Lipinski definition) is 0. The van der Waals surface area contributed by atoms with Gasteiger partial charge in [0.15, 0.2) is 0 Å². The minimum atomic E-state index is -1.26. The first-order valence-electron chi connectivity index (χ1n) is 3.87. The summed E-state index contributed by atoms with van der Waals surface area (Å²) in [4.78, 5) is 18.8. The third kappa shape index (κ3) is 3.10. The van der Waals surface area contributed by atoms with E-state index in [2.05, 4.69) is 5.11 Å². The van der Waals surface area contributed by atoms with E-state index in [0.29, 0.717) is 6.07 Å². The van der Waals surface area contributed by atoms with Gasteiger partial charge in [0.1, 0.15) is 5.69 Å². The molecule has 0 fully saturated rings. The molecule has 0 heterocycles. The van der Waals surface area contributed by atoms with Gasteiger partial charge >= 0.3 is 57.1 Å². The maximum atomic E-state index is 13.3. The number of nitrogens with zero attached hydrogens (tertiary/aromatic N) is 4. The normalized spacial score (nSPS) is 9.29. The molecule has 0 atom stereocenters. The van der Waals surface area contributed by atoms with Crippen molar-refractivity contribution < 1.29 is 65.6 Å². The molecule has 0 aliphatic carbocycles. The fourth-order valence-electron chi connectivity index (χ4n) is 1.15. The van der Waals surface area contributed by atoms with Gasteiger partial charge in [-0.25, -0.2) is 0 Å². The molecule has 10 heteroatoms. The Morgan fingerprint density at radius 1 is 1.29 bits per heavy atom.